The molecule has 19 heavy (non-hydrogen) atoms. The predicted molar refractivity (Wildman–Crippen MR) is 80.6 cm³/mol. The fraction of sp³-hybridized carbons (Fsp3) is 0.529. The van der Waals surface area contributed by atoms with E-state index in [1.165, 1.54) is 24.9 Å². The van der Waals surface area contributed by atoms with Gasteiger partial charge in [0.2, 0.25) is 0 Å². The van der Waals surface area contributed by atoms with Gasteiger partial charge in [0, 0.05) is 24.7 Å². The molecule has 1 aromatic rings. The second kappa shape index (κ2) is 6.75. The van der Waals surface area contributed by atoms with Crippen LogP contribution in [0.25, 0.3) is 0 Å². The monoisotopic (exact) mass is 256 g/mol. The fourth-order valence-electron chi connectivity index (χ4n) is 2.33. The summed E-state index contributed by atoms with van der Waals surface area (Å²) in [5.41, 5.74) is 7.81. The largest absolute Gasteiger partial charge is 0.320 e. The molecule has 0 bridgehead atoms. The van der Waals surface area contributed by atoms with E-state index in [1.54, 1.807) is 0 Å². The maximum atomic E-state index is 5.38. The van der Waals surface area contributed by atoms with Gasteiger partial charge in [-0.25, -0.2) is 0 Å². The maximum Gasteiger partial charge on any atom is 0.0555 e. The van der Waals surface area contributed by atoms with E-state index in [2.05, 4.69) is 54.9 Å². The zero-order chi connectivity index (χ0) is 13.7. The summed E-state index contributed by atoms with van der Waals surface area (Å²) in [7, 11) is 0. The number of benzene rings is 1. The highest BCUT2D eigenvalue weighted by Crippen LogP contribution is 2.29. The van der Waals surface area contributed by atoms with E-state index in [0.717, 1.165) is 24.1 Å². The van der Waals surface area contributed by atoms with Crippen molar-refractivity contribution in [3.8, 4) is 11.8 Å². The molecule has 0 atom stereocenters. The molecule has 0 unspecified atom stereocenters. The SMILES string of the molecule is CC(C)CN(Cc1ccc(C#CCN)cc1)C1CC1. The number of rotatable bonds is 5. The van der Waals surface area contributed by atoms with E-state index in [9.17, 15) is 0 Å². The van der Waals surface area contributed by atoms with E-state index >= 15 is 0 Å². The third kappa shape index (κ3) is 4.70. The molecule has 0 spiro atoms. The van der Waals surface area contributed by atoms with Crippen molar-refractivity contribution in [2.75, 3.05) is 13.1 Å². The van der Waals surface area contributed by atoms with Gasteiger partial charge in [0.05, 0.1) is 6.54 Å². The summed E-state index contributed by atoms with van der Waals surface area (Å²) in [4.78, 5) is 2.62. The molecule has 1 fully saturated rings. The van der Waals surface area contributed by atoms with Crippen LogP contribution in [0.3, 0.4) is 0 Å². The highest BCUT2D eigenvalue weighted by atomic mass is 15.2. The van der Waals surface area contributed by atoms with Gasteiger partial charge in [-0.1, -0.05) is 37.8 Å². The first-order valence-corrected chi connectivity index (χ1v) is 7.21. The molecule has 0 saturated heterocycles. The first kappa shape index (κ1) is 14.1. The van der Waals surface area contributed by atoms with Crippen LogP contribution in [-0.4, -0.2) is 24.0 Å². The minimum Gasteiger partial charge on any atom is -0.320 e. The highest BCUT2D eigenvalue weighted by Gasteiger charge is 2.28. The Morgan fingerprint density at radius 1 is 1.26 bits per heavy atom. The van der Waals surface area contributed by atoms with Crippen LogP contribution < -0.4 is 5.73 Å². The van der Waals surface area contributed by atoms with E-state index in [1.807, 2.05) is 0 Å². The Morgan fingerprint density at radius 3 is 2.47 bits per heavy atom. The second-order valence-corrected chi connectivity index (χ2v) is 5.76. The zero-order valence-electron chi connectivity index (χ0n) is 12.0. The van der Waals surface area contributed by atoms with Crippen molar-refractivity contribution in [3.05, 3.63) is 35.4 Å². The van der Waals surface area contributed by atoms with Crippen molar-refractivity contribution in [2.45, 2.75) is 39.3 Å². The van der Waals surface area contributed by atoms with Gasteiger partial charge in [0.1, 0.15) is 0 Å². The standard InChI is InChI=1S/C17H24N2/c1-14(2)12-19(17-9-10-17)13-16-7-5-15(6-8-16)4-3-11-18/h5-8,14,17H,9-13,18H2,1-2H3. The summed E-state index contributed by atoms with van der Waals surface area (Å²) in [5, 5.41) is 0. The number of nitrogens with zero attached hydrogens (tertiary/aromatic N) is 1. The number of nitrogens with two attached hydrogens (primary N) is 1. The van der Waals surface area contributed by atoms with Gasteiger partial charge in [-0.2, -0.15) is 0 Å². The van der Waals surface area contributed by atoms with Crippen molar-refractivity contribution in [3.63, 3.8) is 0 Å². The van der Waals surface area contributed by atoms with Gasteiger partial charge in [0.15, 0.2) is 0 Å². The number of hydrogen-bond acceptors (Lipinski definition) is 2. The van der Waals surface area contributed by atoms with Gasteiger partial charge in [-0.15, -0.1) is 0 Å². The molecule has 2 heteroatoms. The summed E-state index contributed by atoms with van der Waals surface area (Å²) in [6.07, 6.45) is 2.74. The summed E-state index contributed by atoms with van der Waals surface area (Å²) in [6.45, 7) is 7.26. The summed E-state index contributed by atoms with van der Waals surface area (Å²) >= 11 is 0. The molecule has 1 aromatic carbocycles. The second-order valence-electron chi connectivity index (χ2n) is 5.76. The van der Waals surface area contributed by atoms with Gasteiger partial charge in [-0.05, 0) is 36.5 Å². The molecule has 0 aliphatic heterocycles. The molecule has 0 aromatic heterocycles. The van der Waals surface area contributed by atoms with Gasteiger partial charge >= 0.3 is 0 Å². The molecule has 2 nitrogen and oxygen atoms in total. The van der Waals surface area contributed by atoms with Crippen LogP contribution in [-0.2, 0) is 6.54 Å². The maximum absolute atomic E-state index is 5.38. The minimum atomic E-state index is 0.422. The van der Waals surface area contributed by atoms with Crippen LogP contribution in [0.1, 0.15) is 37.8 Å². The van der Waals surface area contributed by atoms with Crippen LogP contribution >= 0.6 is 0 Å². The molecule has 1 aliphatic carbocycles. The lowest BCUT2D eigenvalue weighted by Crippen LogP contribution is -2.29. The van der Waals surface area contributed by atoms with E-state index in [-0.39, 0.29) is 0 Å². The highest BCUT2D eigenvalue weighted by molar-refractivity contribution is 5.36. The smallest absolute Gasteiger partial charge is 0.0555 e. The molecule has 0 amide bonds. The summed E-state index contributed by atoms with van der Waals surface area (Å²) in [5.74, 6) is 6.68. The average molecular weight is 256 g/mol. The molecular formula is C17H24N2. The molecule has 0 radical (unpaired) electrons. The van der Waals surface area contributed by atoms with Gasteiger partial charge in [-0.3, -0.25) is 4.90 Å². The average Bonchev–Trinajstić information content (AvgIpc) is 3.21. The molecular weight excluding hydrogens is 232 g/mol. The Bertz CT molecular complexity index is 446. The Kier molecular flexibility index (Phi) is 5.01. The van der Waals surface area contributed by atoms with Crippen molar-refractivity contribution < 1.29 is 0 Å². The minimum absolute atomic E-state index is 0.422. The first-order chi connectivity index (χ1) is 9.19. The Labute approximate surface area is 117 Å². The quantitative estimate of drug-likeness (QED) is 0.821. The lowest BCUT2D eigenvalue weighted by Gasteiger charge is -2.24. The Balaban J connectivity index is 1.97. The Hall–Kier alpha value is -1.30. The van der Waals surface area contributed by atoms with Gasteiger partial charge < -0.3 is 5.73 Å². The van der Waals surface area contributed by atoms with Gasteiger partial charge in [0.25, 0.3) is 0 Å². The molecule has 102 valence electrons. The van der Waals surface area contributed by atoms with Crippen LogP contribution in [0, 0.1) is 17.8 Å². The Morgan fingerprint density at radius 2 is 1.95 bits per heavy atom. The lowest BCUT2D eigenvalue weighted by molar-refractivity contribution is 0.226. The van der Waals surface area contributed by atoms with Crippen LogP contribution in [0.4, 0.5) is 0 Å². The number of hydrogen-bond donors (Lipinski definition) is 1. The summed E-state index contributed by atoms with van der Waals surface area (Å²) in [6, 6.07) is 9.39. The zero-order valence-corrected chi connectivity index (χ0v) is 12.0. The van der Waals surface area contributed by atoms with Crippen molar-refractivity contribution in [1.82, 2.24) is 4.90 Å². The van der Waals surface area contributed by atoms with Crippen molar-refractivity contribution >= 4 is 0 Å². The van der Waals surface area contributed by atoms with Crippen LogP contribution in [0.15, 0.2) is 24.3 Å². The molecule has 1 aliphatic rings. The first-order valence-electron chi connectivity index (χ1n) is 7.21. The van der Waals surface area contributed by atoms with E-state index in [4.69, 9.17) is 5.73 Å². The third-order valence-corrected chi connectivity index (χ3v) is 3.34. The molecule has 2 rings (SSSR count). The van der Waals surface area contributed by atoms with E-state index in [0.29, 0.717) is 6.54 Å². The predicted octanol–water partition coefficient (Wildman–Crippen LogP) is 2.62. The molecule has 2 N–H and O–H groups in total. The van der Waals surface area contributed by atoms with Crippen LogP contribution in [0.2, 0.25) is 0 Å². The fourth-order valence-corrected chi connectivity index (χ4v) is 2.33. The topological polar surface area (TPSA) is 29.3 Å². The normalized spacial score (nSPS) is 14.6. The summed E-state index contributed by atoms with van der Waals surface area (Å²) < 4.78 is 0. The van der Waals surface area contributed by atoms with Crippen molar-refractivity contribution in [1.29, 1.82) is 0 Å². The molecule has 0 heterocycles. The van der Waals surface area contributed by atoms with Crippen LogP contribution in [0.5, 0.6) is 0 Å². The third-order valence-electron chi connectivity index (χ3n) is 3.34. The molecule has 1 saturated carbocycles. The van der Waals surface area contributed by atoms with Crippen molar-refractivity contribution in [2.24, 2.45) is 11.7 Å². The lowest BCUT2D eigenvalue weighted by atomic mass is 10.1. The van der Waals surface area contributed by atoms with E-state index < -0.39 is 0 Å².